The first kappa shape index (κ1) is 7.94. The van der Waals surface area contributed by atoms with Gasteiger partial charge in [-0.05, 0) is 13.0 Å². The first-order valence-electron chi connectivity index (χ1n) is 3.37. The fraction of sp³-hybridized carbons (Fsp3) is 0.429. The molecule has 4 nitrogen and oxygen atoms in total. The average Bonchev–Trinajstić information content (AvgIpc) is 2.33. The highest BCUT2D eigenvalue weighted by Gasteiger charge is 2.13. The highest BCUT2D eigenvalue weighted by atomic mass is 16.1. The predicted molar refractivity (Wildman–Crippen MR) is 40.8 cm³/mol. The van der Waals surface area contributed by atoms with Gasteiger partial charge in [0.25, 0.3) is 0 Å². The van der Waals surface area contributed by atoms with E-state index in [-0.39, 0.29) is 5.78 Å². The Bertz CT molecular complexity index is 266. The third-order valence-corrected chi connectivity index (χ3v) is 1.62. The Morgan fingerprint density at radius 3 is 2.82 bits per heavy atom. The van der Waals surface area contributed by atoms with E-state index in [1.54, 1.807) is 24.0 Å². The maximum atomic E-state index is 10.8. The van der Waals surface area contributed by atoms with E-state index < -0.39 is 6.04 Å². The lowest BCUT2D eigenvalue weighted by atomic mass is 10.1. The summed E-state index contributed by atoms with van der Waals surface area (Å²) >= 11 is 0. The molecule has 11 heavy (non-hydrogen) atoms. The summed E-state index contributed by atoms with van der Waals surface area (Å²) in [6.07, 6.45) is 1.62. The lowest BCUT2D eigenvalue weighted by Gasteiger charge is -2.06. The van der Waals surface area contributed by atoms with Crippen molar-refractivity contribution in [2.75, 3.05) is 0 Å². The monoisotopic (exact) mass is 153 g/mol. The van der Waals surface area contributed by atoms with Crippen LogP contribution in [-0.2, 0) is 11.8 Å². The number of aromatic nitrogens is 2. The van der Waals surface area contributed by atoms with E-state index in [0.29, 0.717) is 0 Å². The first-order valence-corrected chi connectivity index (χ1v) is 3.37. The van der Waals surface area contributed by atoms with Crippen molar-refractivity contribution in [3.8, 4) is 0 Å². The molecule has 0 aliphatic rings. The number of ketones is 1. The molecule has 2 N–H and O–H groups in total. The molecular formula is C7H11N3O. The van der Waals surface area contributed by atoms with Crippen molar-refractivity contribution < 1.29 is 4.79 Å². The van der Waals surface area contributed by atoms with Crippen molar-refractivity contribution >= 4 is 5.78 Å². The van der Waals surface area contributed by atoms with Gasteiger partial charge in [-0.3, -0.25) is 9.48 Å². The summed E-state index contributed by atoms with van der Waals surface area (Å²) in [5, 5.41) is 3.90. The first-order chi connectivity index (χ1) is 5.13. The number of hydrogen-bond acceptors (Lipinski definition) is 3. The Labute approximate surface area is 65.0 Å². The van der Waals surface area contributed by atoms with Crippen LogP contribution in [0.3, 0.4) is 0 Å². The van der Waals surface area contributed by atoms with Gasteiger partial charge in [0.15, 0.2) is 5.78 Å². The number of carbonyl (C=O) groups excluding carboxylic acids is 1. The number of aryl methyl sites for hydroxylation is 1. The molecule has 0 aliphatic carbocycles. The highest BCUT2D eigenvalue weighted by molar-refractivity contribution is 5.82. The minimum atomic E-state index is -0.539. The van der Waals surface area contributed by atoms with Crippen LogP contribution < -0.4 is 5.73 Å². The van der Waals surface area contributed by atoms with Gasteiger partial charge in [-0.25, -0.2) is 0 Å². The van der Waals surface area contributed by atoms with E-state index in [1.165, 1.54) is 6.92 Å². The number of nitrogens with two attached hydrogens (primary N) is 1. The van der Waals surface area contributed by atoms with Gasteiger partial charge in [0, 0.05) is 13.2 Å². The van der Waals surface area contributed by atoms with E-state index in [9.17, 15) is 4.79 Å². The second-order valence-corrected chi connectivity index (χ2v) is 2.47. The number of carbonyl (C=O) groups is 1. The van der Waals surface area contributed by atoms with Crippen LogP contribution in [-0.4, -0.2) is 15.6 Å². The molecule has 60 valence electrons. The largest absolute Gasteiger partial charge is 0.317 e. The number of nitrogens with zero attached hydrogens (tertiary/aromatic N) is 2. The van der Waals surface area contributed by atoms with Crippen LogP contribution in [0.5, 0.6) is 0 Å². The van der Waals surface area contributed by atoms with Crippen molar-refractivity contribution in [2.45, 2.75) is 13.0 Å². The zero-order valence-electron chi connectivity index (χ0n) is 6.61. The van der Waals surface area contributed by atoms with Gasteiger partial charge >= 0.3 is 0 Å². The molecule has 1 aromatic rings. The topological polar surface area (TPSA) is 60.9 Å². The van der Waals surface area contributed by atoms with Crippen molar-refractivity contribution in [3.05, 3.63) is 18.0 Å². The molecule has 1 unspecified atom stereocenters. The molecule has 0 saturated heterocycles. The SMILES string of the molecule is CC(=O)C(N)c1ccnn1C. The maximum absolute atomic E-state index is 10.8. The number of rotatable bonds is 2. The van der Waals surface area contributed by atoms with Gasteiger partial charge in [0.05, 0.1) is 5.69 Å². The summed E-state index contributed by atoms with van der Waals surface area (Å²) in [7, 11) is 1.76. The Morgan fingerprint density at radius 2 is 2.45 bits per heavy atom. The molecule has 1 aromatic heterocycles. The Hall–Kier alpha value is -1.16. The normalized spacial score (nSPS) is 13.0. The third kappa shape index (κ3) is 1.46. The quantitative estimate of drug-likeness (QED) is 0.651. The lowest BCUT2D eigenvalue weighted by Crippen LogP contribution is -2.21. The minimum Gasteiger partial charge on any atom is -0.317 e. The van der Waals surface area contributed by atoms with E-state index in [2.05, 4.69) is 5.10 Å². The van der Waals surface area contributed by atoms with E-state index >= 15 is 0 Å². The van der Waals surface area contributed by atoms with Crippen molar-refractivity contribution in [1.82, 2.24) is 9.78 Å². The fourth-order valence-corrected chi connectivity index (χ4v) is 0.897. The van der Waals surface area contributed by atoms with Crippen LogP contribution >= 0.6 is 0 Å². The second kappa shape index (κ2) is 2.84. The predicted octanol–water partition coefficient (Wildman–Crippen LogP) is 0.00890. The third-order valence-electron chi connectivity index (χ3n) is 1.62. The van der Waals surface area contributed by atoms with Gasteiger partial charge in [-0.2, -0.15) is 5.10 Å². The number of hydrogen-bond donors (Lipinski definition) is 1. The zero-order valence-corrected chi connectivity index (χ0v) is 6.61. The molecule has 0 fully saturated rings. The zero-order chi connectivity index (χ0) is 8.43. The van der Waals surface area contributed by atoms with Crippen LogP contribution in [0.2, 0.25) is 0 Å². The second-order valence-electron chi connectivity index (χ2n) is 2.47. The minimum absolute atomic E-state index is 0.0476. The van der Waals surface area contributed by atoms with Crippen LogP contribution in [0, 0.1) is 0 Å². The van der Waals surface area contributed by atoms with Crippen molar-refractivity contribution in [1.29, 1.82) is 0 Å². The smallest absolute Gasteiger partial charge is 0.152 e. The van der Waals surface area contributed by atoms with Crippen molar-refractivity contribution in [2.24, 2.45) is 12.8 Å². The van der Waals surface area contributed by atoms with Crippen LogP contribution in [0.25, 0.3) is 0 Å². The van der Waals surface area contributed by atoms with E-state index in [1.807, 2.05) is 0 Å². The van der Waals surface area contributed by atoms with Gasteiger partial charge in [0.1, 0.15) is 6.04 Å². The summed E-state index contributed by atoms with van der Waals surface area (Å²) in [5.41, 5.74) is 6.32. The van der Waals surface area contributed by atoms with Gasteiger partial charge in [0.2, 0.25) is 0 Å². The molecular weight excluding hydrogens is 142 g/mol. The molecule has 1 atom stereocenters. The number of Topliss-reactive ketones (excluding diaryl/α,β-unsaturated/α-hetero) is 1. The average molecular weight is 153 g/mol. The van der Waals surface area contributed by atoms with Gasteiger partial charge in [-0.1, -0.05) is 0 Å². The molecule has 0 amide bonds. The maximum Gasteiger partial charge on any atom is 0.152 e. The highest BCUT2D eigenvalue weighted by Crippen LogP contribution is 2.08. The fourth-order valence-electron chi connectivity index (χ4n) is 0.897. The standard InChI is InChI=1S/C7H11N3O/c1-5(11)7(8)6-3-4-9-10(6)2/h3-4,7H,8H2,1-2H3. The summed E-state index contributed by atoms with van der Waals surface area (Å²) in [6.45, 7) is 1.47. The summed E-state index contributed by atoms with van der Waals surface area (Å²) in [5.74, 6) is -0.0476. The van der Waals surface area contributed by atoms with E-state index in [4.69, 9.17) is 5.73 Å². The molecule has 0 saturated carbocycles. The molecule has 0 spiro atoms. The molecule has 0 aliphatic heterocycles. The molecule has 1 heterocycles. The molecule has 0 aromatic carbocycles. The van der Waals surface area contributed by atoms with Crippen molar-refractivity contribution in [3.63, 3.8) is 0 Å². The lowest BCUT2D eigenvalue weighted by molar-refractivity contribution is -0.118. The van der Waals surface area contributed by atoms with Crippen LogP contribution in [0.1, 0.15) is 18.7 Å². The summed E-state index contributed by atoms with van der Waals surface area (Å²) in [6, 6.07) is 1.20. The molecule has 0 radical (unpaired) electrons. The summed E-state index contributed by atoms with van der Waals surface area (Å²) in [4.78, 5) is 10.8. The molecule has 0 bridgehead atoms. The Kier molecular flexibility index (Phi) is 2.05. The van der Waals surface area contributed by atoms with Crippen LogP contribution in [0.4, 0.5) is 0 Å². The molecule has 4 heteroatoms. The molecule has 1 rings (SSSR count). The van der Waals surface area contributed by atoms with Crippen LogP contribution in [0.15, 0.2) is 12.3 Å². The van der Waals surface area contributed by atoms with E-state index in [0.717, 1.165) is 5.69 Å². The van der Waals surface area contributed by atoms with Gasteiger partial charge in [-0.15, -0.1) is 0 Å². The Morgan fingerprint density at radius 1 is 1.82 bits per heavy atom. The Balaban J connectivity index is 2.92. The summed E-state index contributed by atoms with van der Waals surface area (Å²) < 4.78 is 1.60. The van der Waals surface area contributed by atoms with Gasteiger partial charge < -0.3 is 5.73 Å².